The summed E-state index contributed by atoms with van der Waals surface area (Å²) in [7, 11) is 0. The van der Waals surface area contributed by atoms with E-state index in [1.54, 1.807) is 0 Å². The molecule has 1 aromatic carbocycles. The molecular weight excluding hydrogens is 318 g/mol. The second kappa shape index (κ2) is 7.22. The molecule has 3 fully saturated rings. The van der Waals surface area contributed by atoms with Crippen LogP contribution in [0.25, 0.3) is 0 Å². The minimum atomic E-state index is 0.154. The minimum Gasteiger partial charge on any atom is -0.378 e. The predicted molar refractivity (Wildman–Crippen MR) is 98.4 cm³/mol. The Bertz CT molecular complexity index is 624. The van der Waals surface area contributed by atoms with Crippen LogP contribution in [0.3, 0.4) is 0 Å². The second-order valence-electron chi connectivity index (χ2n) is 7.21. The number of benzene rings is 1. The summed E-state index contributed by atoms with van der Waals surface area (Å²) < 4.78 is 11.0. The molecule has 2 aliphatic heterocycles. The standard InChI is InChI=1S/C19H27N3O3/c1-14-12-16(14)19(23)20-17-3-2-15(21-4-8-24-9-5-21)13-18(17)22-6-10-25-11-7-22/h2-3,13-14,16H,4-12H2,1H3,(H,20,23). The zero-order valence-electron chi connectivity index (χ0n) is 14.9. The van der Waals surface area contributed by atoms with Crippen LogP contribution in [0.4, 0.5) is 17.1 Å². The molecule has 25 heavy (non-hydrogen) atoms. The van der Waals surface area contributed by atoms with Crippen LogP contribution in [-0.2, 0) is 14.3 Å². The summed E-state index contributed by atoms with van der Waals surface area (Å²) >= 11 is 0. The van der Waals surface area contributed by atoms with Crippen molar-refractivity contribution in [3.8, 4) is 0 Å². The summed E-state index contributed by atoms with van der Waals surface area (Å²) in [5.74, 6) is 0.844. The lowest BCUT2D eigenvalue weighted by Crippen LogP contribution is -2.38. The van der Waals surface area contributed by atoms with Gasteiger partial charge in [-0.3, -0.25) is 4.79 Å². The predicted octanol–water partition coefficient (Wildman–Crippen LogP) is 1.95. The van der Waals surface area contributed by atoms with Gasteiger partial charge in [-0.05, 0) is 30.5 Å². The number of morpholine rings is 2. The normalized spacial score (nSPS) is 26.4. The third-order valence-electron chi connectivity index (χ3n) is 5.41. The van der Waals surface area contributed by atoms with E-state index in [4.69, 9.17) is 9.47 Å². The third kappa shape index (κ3) is 3.75. The lowest BCUT2D eigenvalue weighted by molar-refractivity contribution is -0.117. The lowest BCUT2D eigenvalue weighted by atomic mass is 10.1. The Hall–Kier alpha value is -1.79. The summed E-state index contributed by atoms with van der Waals surface area (Å²) in [6, 6.07) is 6.38. The third-order valence-corrected chi connectivity index (χ3v) is 5.41. The molecule has 6 heteroatoms. The highest BCUT2D eigenvalue weighted by atomic mass is 16.5. The van der Waals surface area contributed by atoms with Crippen LogP contribution in [0.5, 0.6) is 0 Å². The fourth-order valence-electron chi connectivity index (χ4n) is 3.62. The number of ether oxygens (including phenoxy) is 2. The maximum absolute atomic E-state index is 12.4. The van der Waals surface area contributed by atoms with Gasteiger partial charge < -0.3 is 24.6 Å². The summed E-state index contributed by atoms with van der Waals surface area (Å²) in [5, 5.41) is 3.17. The van der Waals surface area contributed by atoms with Crippen molar-refractivity contribution in [2.75, 3.05) is 67.7 Å². The van der Waals surface area contributed by atoms with Crippen molar-refractivity contribution in [1.29, 1.82) is 0 Å². The molecule has 1 N–H and O–H groups in total. The fraction of sp³-hybridized carbons (Fsp3) is 0.632. The highest BCUT2D eigenvalue weighted by Crippen LogP contribution is 2.40. The van der Waals surface area contributed by atoms with Gasteiger partial charge in [0.25, 0.3) is 0 Å². The largest absolute Gasteiger partial charge is 0.378 e. The molecule has 1 saturated carbocycles. The Morgan fingerprint density at radius 1 is 1.04 bits per heavy atom. The molecule has 2 atom stereocenters. The van der Waals surface area contributed by atoms with Gasteiger partial charge in [0.15, 0.2) is 0 Å². The summed E-state index contributed by atoms with van der Waals surface area (Å²) in [4.78, 5) is 17.1. The van der Waals surface area contributed by atoms with E-state index >= 15 is 0 Å². The highest BCUT2D eigenvalue weighted by molar-refractivity contribution is 5.97. The molecular formula is C19H27N3O3. The molecule has 2 saturated heterocycles. The average Bonchev–Trinajstić information content (AvgIpc) is 3.40. The van der Waals surface area contributed by atoms with Crippen molar-refractivity contribution in [2.24, 2.45) is 11.8 Å². The van der Waals surface area contributed by atoms with Gasteiger partial charge in [0.2, 0.25) is 5.91 Å². The van der Waals surface area contributed by atoms with Gasteiger partial charge in [-0.2, -0.15) is 0 Å². The average molecular weight is 345 g/mol. The Morgan fingerprint density at radius 2 is 1.64 bits per heavy atom. The van der Waals surface area contributed by atoms with Crippen molar-refractivity contribution in [3.63, 3.8) is 0 Å². The lowest BCUT2D eigenvalue weighted by Gasteiger charge is -2.33. The highest BCUT2D eigenvalue weighted by Gasteiger charge is 2.39. The van der Waals surface area contributed by atoms with Crippen LogP contribution in [0.1, 0.15) is 13.3 Å². The molecule has 1 amide bonds. The first-order chi connectivity index (χ1) is 12.2. The first-order valence-corrected chi connectivity index (χ1v) is 9.32. The topological polar surface area (TPSA) is 54.0 Å². The zero-order valence-corrected chi connectivity index (χ0v) is 14.9. The first kappa shape index (κ1) is 16.7. The summed E-state index contributed by atoms with van der Waals surface area (Å²) in [6.45, 7) is 8.67. The maximum Gasteiger partial charge on any atom is 0.227 e. The van der Waals surface area contributed by atoms with Crippen molar-refractivity contribution in [1.82, 2.24) is 0 Å². The number of rotatable bonds is 4. The maximum atomic E-state index is 12.4. The monoisotopic (exact) mass is 345 g/mol. The number of hydrogen-bond acceptors (Lipinski definition) is 5. The number of carbonyl (C=O) groups is 1. The van der Waals surface area contributed by atoms with Crippen LogP contribution in [0, 0.1) is 11.8 Å². The van der Waals surface area contributed by atoms with E-state index < -0.39 is 0 Å². The Balaban J connectivity index is 1.58. The number of anilines is 3. The molecule has 0 aromatic heterocycles. The van der Waals surface area contributed by atoms with Crippen LogP contribution in [0.2, 0.25) is 0 Å². The van der Waals surface area contributed by atoms with E-state index in [1.807, 2.05) is 0 Å². The molecule has 136 valence electrons. The number of amides is 1. The van der Waals surface area contributed by atoms with Crippen molar-refractivity contribution in [3.05, 3.63) is 18.2 Å². The molecule has 1 aromatic rings. The van der Waals surface area contributed by atoms with Crippen LogP contribution >= 0.6 is 0 Å². The van der Waals surface area contributed by atoms with Crippen LogP contribution in [0.15, 0.2) is 18.2 Å². The molecule has 2 unspecified atom stereocenters. The van der Waals surface area contributed by atoms with E-state index in [0.29, 0.717) is 5.92 Å². The number of hydrogen-bond donors (Lipinski definition) is 1. The molecule has 3 aliphatic rings. The van der Waals surface area contributed by atoms with Crippen molar-refractivity contribution in [2.45, 2.75) is 13.3 Å². The van der Waals surface area contributed by atoms with Crippen molar-refractivity contribution >= 4 is 23.0 Å². The molecule has 0 spiro atoms. The Labute approximate surface area is 149 Å². The van der Waals surface area contributed by atoms with E-state index in [1.165, 1.54) is 5.69 Å². The molecule has 0 bridgehead atoms. The van der Waals surface area contributed by atoms with Gasteiger partial charge in [-0.1, -0.05) is 6.92 Å². The first-order valence-electron chi connectivity index (χ1n) is 9.32. The van der Waals surface area contributed by atoms with Crippen LogP contribution in [-0.4, -0.2) is 58.5 Å². The van der Waals surface area contributed by atoms with Gasteiger partial charge in [-0.15, -0.1) is 0 Å². The smallest absolute Gasteiger partial charge is 0.227 e. The molecule has 6 nitrogen and oxygen atoms in total. The van der Waals surface area contributed by atoms with Gasteiger partial charge >= 0.3 is 0 Å². The molecule has 1 aliphatic carbocycles. The quantitative estimate of drug-likeness (QED) is 0.904. The van der Waals surface area contributed by atoms with E-state index in [9.17, 15) is 4.79 Å². The summed E-state index contributed by atoms with van der Waals surface area (Å²) in [5.41, 5.74) is 3.22. The SMILES string of the molecule is CC1CC1C(=O)Nc1ccc(N2CCOCC2)cc1N1CCOCC1. The van der Waals surface area contributed by atoms with Crippen LogP contribution < -0.4 is 15.1 Å². The van der Waals surface area contributed by atoms with Gasteiger partial charge in [0.1, 0.15) is 0 Å². The van der Waals surface area contributed by atoms with Crippen molar-refractivity contribution < 1.29 is 14.3 Å². The molecule has 4 rings (SSSR count). The number of nitrogens with one attached hydrogen (secondary N) is 1. The second-order valence-corrected chi connectivity index (χ2v) is 7.21. The number of carbonyl (C=O) groups excluding carboxylic acids is 1. The van der Waals surface area contributed by atoms with Gasteiger partial charge in [0, 0.05) is 37.8 Å². The fourth-order valence-corrected chi connectivity index (χ4v) is 3.62. The minimum absolute atomic E-state index is 0.154. The molecule has 2 heterocycles. The van der Waals surface area contributed by atoms with E-state index in [2.05, 4.69) is 40.2 Å². The van der Waals surface area contributed by atoms with Gasteiger partial charge in [-0.25, -0.2) is 0 Å². The number of nitrogens with zero attached hydrogens (tertiary/aromatic N) is 2. The molecule has 0 radical (unpaired) electrons. The van der Waals surface area contributed by atoms with Gasteiger partial charge in [0.05, 0.1) is 37.8 Å². The van der Waals surface area contributed by atoms with E-state index in [0.717, 1.165) is 70.4 Å². The van der Waals surface area contributed by atoms with E-state index in [-0.39, 0.29) is 11.8 Å². The zero-order chi connectivity index (χ0) is 17.2. The Morgan fingerprint density at radius 3 is 2.24 bits per heavy atom. The summed E-state index contributed by atoms with van der Waals surface area (Å²) in [6.07, 6.45) is 1.00. The Kier molecular flexibility index (Phi) is 4.81.